The summed E-state index contributed by atoms with van der Waals surface area (Å²) in [6.07, 6.45) is 3.57. The van der Waals surface area contributed by atoms with Crippen LogP contribution < -0.4 is 0 Å². The molecule has 1 nitrogen and oxygen atoms in total. The second-order valence-electron chi connectivity index (χ2n) is 2.75. The molecule has 1 atom stereocenters. The van der Waals surface area contributed by atoms with Crippen LogP contribution in [-0.4, -0.2) is 11.2 Å². The van der Waals surface area contributed by atoms with Crippen molar-refractivity contribution in [3.8, 4) is 0 Å². The third-order valence-corrected chi connectivity index (χ3v) is 1.65. The molecule has 0 amide bonds. The average molecular weight is 142 g/mol. The van der Waals surface area contributed by atoms with Crippen molar-refractivity contribution in [1.29, 1.82) is 0 Å². The Labute approximate surface area is 63.8 Å². The van der Waals surface area contributed by atoms with Crippen molar-refractivity contribution in [2.24, 2.45) is 0 Å². The molecule has 0 saturated heterocycles. The molecule has 0 radical (unpaired) electrons. The molecule has 0 rings (SSSR count). The first-order valence-corrected chi connectivity index (χ1v) is 4.05. The first kappa shape index (κ1) is 9.70. The summed E-state index contributed by atoms with van der Waals surface area (Å²) in [6, 6.07) is 0. The SMILES string of the molecule is C=C(CC)CC(O)CCC. The predicted octanol–water partition coefficient (Wildman–Crippen LogP) is 2.50. The van der Waals surface area contributed by atoms with Crippen LogP contribution in [-0.2, 0) is 0 Å². The van der Waals surface area contributed by atoms with Gasteiger partial charge in [0.2, 0.25) is 0 Å². The van der Waals surface area contributed by atoms with Gasteiger partial charge in [-0.15, -0.1) is 0 Å². The Morgan fingerprint density at radius 1 is 1.50 bits per heavy atom. The van der Waals surface area contributed by atoms with Crippen molar-refractivity contribution < 1.29 is 5.11 Å². The fraction of sp³-hybridized carbons (Fsp3) is 0.778. The van der Waals surface area contributed by atoms with E-state index in [0.717, 1.165) is 31.3 Å². The molecule has 0 aliphatic heterocycles. The van der Waals surface area contributed by atoms with Gasteiger partial charge in [0, 0.05) is 0 Å². The Balaban J connectivity index is 3.37. The first-order valence-electron chi connectivity index (χ1n) is 4.05. The summed E-state index contributed by atoms with van der Waals surface area (Å²) in [5, 5.41) is 9.29. The van der Waals surface area contributed by atoms with Gasteiger partial charge in [-0.2, -0.15) is 0 Å². The molecule has 0 spiro atoms. The largest absolute Gasteiger partial charge is 0.393 e. The van der Waals surface area contributed by atoms with Crippen LogP contribution in [0.5, 0.6) is 0 Å². The lowest BCUT2D eigenvalue weighted by molar-refractivity contribution is 0.163. The number of aliphatic hydroxyl groups is 1. The third kappa shape index (κ3) is 4.57. The lowest BCUT2D eigenvalue weighted by atomic mass is 10.0. The second kappa shape index (κ2) is 5.48. The summed E-state index contributed by atoms with van der Waals surface area (Å²) in [7, 11) is 0. The maximum absolute atomic E-state index is 9.29. The monoisotopic (exact) mass is 142 g/mol. The van der Waals surface area contributed by atoms with E-state index in [1.54, 1.807) is 0 Å². The lowest BCUT2D eigenvalue weighted by Gasteiger charge is -2.09. The van der Waals surface area contributed by atoms with E-state index >= 15 is 0 Å². The van der Waals surface area contributed by atoms with Gasteiger partial charge in [0.1, 0.15) is 0 Å². The van der Waals surface area contributed by atoms with Crippen LogP contribution in [0.3, 0.4) is 0 Å². The smallest absolute Gasteiger partial charge is 0.0577 e. The molecule has 10 heavy (non-hydrogen) atoms. The van der Waals surface area contributed by atoms with Crippen LogP contribution >= 0.6 is 0 Å². The molecule has 1 N–H and O–H groups in total. The zero-order chi connectivity index (χ0) is 7.98. The number of hydrogen-bond acceptors (Lipinski definition) is 1. The Hall–Kier alpha value is -0.300. The van der Waals surface area contributed by atoms with Crippen molar-refractivity contribution in [2.75, 3.05) is 0 Å². The van der Waals surface area contributed by atoms with Crippen molar-refractivity contribution in [3.63, 3.8) is 0 Å². The Morgan fingerprint density at radius 3 is 2.50 bits per heavy atom. The molecular formula is C9H18O. The fourth-order valence-electron chi connectivity index (χ4n) is 0.913. The molecule has 60 valence electrons. The molecule has 0 fully saturated rings. The maximum Gasteiger partial charge on any atom is 0.0577 e. The predicted molar refractivity (Wildman–Crippen MR) is 45.0 cm³/mol. The number of aliphatic hydroxyl groups excluding tert-OH is 1. The molecule has 0 heterocycles. The molecule has 0 bridgehead atoms. The van der Waals surface area contributed by atoms with Gasteiger partial charge in [-0.25, -0.2) is 0 Å². The molecule has 1 heteroatoms. The van der Waals surface area contributed by atoms with E-state index in [1.165, 1.54) is 0 Å². The second-order valence-corrected chi connectivity index (χ2v) is 2.75. The minimum absolute atomic E-state index is 0.155. The summed E-state index contributed by atoms with van der Waals surface area (Å²) >= 11 is 0. The van der Waals surface area contributed by atoms with Crippen LogP contribution in [0.2, 0.25) is 0 Å². The molecule has 0 aliphatic carbocycles. The van der Waals surface area contributed by atoms with Gasteiger partial charge < -0.3 is 5.11 Å². The van der Waals surface area contributed by atoms with E-state index in [9.17, 15) is 5.11 Å². The van der Waals surface area contributed by atoms with Crippen LogP contribution in [0.1, 0.15) is 39.5 Å². The lowest BCUT2D eigenvalue weighted by Crippen LogP contribution is -2.05. The van der Waals surface area contributed by atoms with E-state index in [0.29, 0.717) is 0 Å². The quantitative estimate of drug-likeness (QED) is 0.585. The van der Waals surface area contributed by atoms with Crippen LogP contribution in [0.25, 0.3) is 0 Å². The molecule has 0 aliphatic rings. The Kier molecular flexibility index (Phi) is 5.32. The maximum atomic E-state index is 9.29. The highest BCUT2D eigenvalue weighted by molar-refractivity contribution is 4.94. The van der Waals surface area contributed by atoms with Crippen LogP contribution in [0, 0.1) is 0 Å². The molecule has 1 unspecified atom stereocenters. The first-order chi connectivity index (χ1) is 4.70. The van der Waals surface area contributed by atoms with Crippen molar-refractivity contribution in [3.05, 3.63) is 12.2 Å². The van der Waals surface area contributed by atoms with E-state index in [2.05, 4.69) is 20.4 Å². The highest BCUT2D eigenvalue weighted by Gasteiger charge is 2.02. The van der Waals surface area contributed by atoms with Gasteiger partial charge in [0.15, 0.2) is 0 Å². The van der Waals surface area contributed by atoms with Gasteiger partial charge in [-0.05, 0) is 19.3 Å². The van der Waals surface area contributed by atoms with E-state index in [-0.39, 0.29) is 6.10 Å². The van der Waals surface area contributed by atoms with Crippen LogP contribution in [0.4, 0.5) is 0 Å². The highest BCUT2D eigenvalue weighted by Crippen LogP contribution is 2.10. The van der Waals surface area contributed by atoms with E-state index < -0.39 is 0 Å². The van der Waals surface area contributed by atoms with Crippen LogP contribution in [0.15, 0.2) is 12.2 Å². The summed E-state index contributed by atoms with van der Waals surface area (Å²) in [6.45, 7) is 7.99. The standard InChI is InChI=1S/C9H18O/c1-4-6-9(10)7-8(3)5-2/h9-10H,3-7H2,1-2H3. The molecule has 0 aromatic carbocycles. The van der Waals surface area contributed by atoms with Gasteiger partial charge in [0.25, 0.3) is 0 Å². The molecule has 0 saturated carbocycles. The van der Waals surface area contributed by atoms with Crippen molar-refractivity contribution in [2.45, 2.75) is 45.6 Å². The average Bonchev–Trinajstić information content (AvgIpc) is 1.88. The summed E-state index contributed by atoms with van der Waals surface area (Å²) in [5.74, 6) is 0. The summed E-state index contributed by atoms with van der Waals surface area (Å²) in [4.78, 5) is 0. The summed E-state index contributed by atoms with van der Waals surface area (Å²) in [5.41, 5.74) is 1.15. The molecular weight excluding hydrogens is 124 g/mol. The summed E-state index contributed by atoms with van der Waals surface area (Å²) < 4.78 is 0. The fourth-order valence-corrected chi connectivity index (χ4v) is 0.913. The zero-order valence-electron chi connectivity index (χ0n) is 7.06. The van der Waals surface area contributed by atoms with E-state index in [4.69, 9.17) is 0 Å². The molecule has 0 aromatic rings. The molecule has 0 aromatic heterocycles. The number of rotatable bonds is 5. The van der Waals surface area contributed by atoms with Gasteiger partial charge >= 0.3 is 0 Å². The minimum Gasteiger partial charge on any atom is -0.393 e. The van der Waals surface area contributed by atoms with Gasteiger partial charge in [-0.3, -0.25) is 0 Å². The zero-order valence-corrected chi connectivity index (χ0v) is 7.06. The minimum atomic E-state index is -0.155. The highest BCUT2D eigenvalue weighted by atomic mass is 16.3. The van der Waals surface area contributed by atoms with Crippen molar-refractivity contribution >= 4 is 0 Å². The van der Waals surface area contributed by atoms with Gasteiger partial charge in [0.05, 0.1) is 6.10 Å². The van der Waals surface area contributed by atoms with Crippen molar-refractivity contribution in [1.82, 2.24) is 0 Å². The third-order valence-electron chi connectivity index (χ3n) is 1.65. The normalized spacial score (nSPS) is 13.1. The topological polar surface area (TPSA) is 20.2 Å². The van der Waals surface area contributed by atoms with Gasteiger partial charge in [-0.1, -0.05) is 32.4 Å². The van der Waals surface area contributed by atoms with E-state index in [1.807, 2.05) is 0 Å². The Morgan fingerprint density at radius 2 is 2.10 bits per heavy atom. The Bertz CT molecular complexity index is 96.9. The number of hydrogen-bond donors (Lipinski definition) is 1.